The van der Waals surface area contributed by atoms with Crippen molar-refractivity contribution in [3.05, 3.63) is 60.7 Å². The normalized spacial score (nSPS) is 16.0. The van der Waals surface area contributed by atoms with Crippen LogP contribution in [0.4, 0.5) is 0 Å². The Morgan fingerprint density at radius 3 is 0.641 bits per heavy atom. The van der Waals surface area contributed by atoms with Crippen molar-refractivity contribution in [2.45, 2.75) is 182 Å². The van der Waals surface area contributed by atoms with Crippen molar-refractivity contribution in [1.82, 2.24) is 0 Å². The molecule has 0 saturated carbocycles. The molecule has 0 saturated heterocycles. The second kappa shape index (κ2) is 29.7. The maximum absolute atomic E-state index is 13.4. The van der Waals surface area contributed by atoms with Gasteiger partial charge in [-0.05, 0) is 98.5 Å². The fourth-order valence-corrected chi connectivity index (χ4v) is 11.1. The highest BCUT2D eigenvalue weighted by atomic mass is 28.4. The molecule has 0 radical (unpaired) electrons. The Bertz CT molecular complexity index is 2430. The topological polar surface area (TPSA) is 336 Å². The second-order valence-corrected chi connectivity index (χ2v) is 22.9. The molecule has 0 aliphatic heterocycles. The standard InChI is InChI=1S/C52H68O25Si/c1-26(40(53)54)66-41(55)27(2)67-42(56)28(3)68-43(57)29(4)69-44(58)30(5)70-45(59)31(6)71-46(60)32(7)72-47(61)33(8)73-48(62)34(9)74-49(63)35(10)75-50(64)36(11)76-51(65)37(12)77-78(52(13,14)15,38-22-18-16-19-23-38)39-24-20-17-21-25-39/h16-37H,1-15H3,(H,53,54)/t26-,27-,28-,29-,30-,31-,32-,33-,34-,35-,36-,37-/m0/s1. The van der Waals surface area contributed by atoms with E-state index >= 15 is 0 Å². The molecule has 0 spiro atoms. The van der Waals surface area contributed by atoms with Crippen molar-refractivity contribution >= 4 is 90.3 Å². The molecule has 2 rings (SSSR count). The Morgan fingerprint density at radius 2 is 0.474 bits per heavy atom. The van der Waals surface area contributed by atoms with Crippen LogP contribution in [-0.2, 0) is 114 Å². The van der Waals surface area contributed by atoms with Gasteiger partial charge in [0.05, 0.1) is 0 Å². The summed E-state index contributed by atoms with van der Waals surface area (Å²) in [7, 11) is -3.20. The fraction of sp³-hybridized carbons (Fsp3) is 0.538. The number of hydrogen-bond donors (Lipinski definition) is 1. The summed E-state index contributed by atoms with van der Waals surface area (Å²) in [4.78, 5) is 150. The van der Waals surface area contributed by atoms with Crippen molar-refractivity contribution in [2.75, 3.05) is 0 Å². The molecular formula is C52H68O25Si. The third-order valence-corrected chi connectivity index (χ3v) is 16.1. The first-order valence-corrected chi connectivity index (χ1v) is 26.3. The van der Waals surface area contributed by atoms with Crippen LogP contribution in [0, 0.1) is 0 Å². The monoisotopic (exact) mass is 1120 g/mol. The van der Waals surface area contributed by atoms with E-state index < -0.39 is 158 Å². The Kier molecular flexibility index (Phi) is 25.3. The van der Waals surface area contributed by atoms with Gasteiger partial charge in [0.15, 0.2) is 67.1 Å². The highest BCUT2D eigenvalue weighted by Gasteiger charge is 2.52. The summed E-state index contributed by atoms with van der Waals surface area (Å²) in [6.07, 6.45) is -19.3. The summed E-state index contributed by atoms with van der Waals surface area (Å²) in [5.41, 5.74) is 0. The molecule has 0 unspecified atom stereocenters. The fourth-order valence-electron chi connectivity index (χ4n) is 6.51. The number of esters is 11. The van der Waals surface area contributed by atoms with Gasteiger partial charge in [-0.25, -0.2) is 57.5 Å². The lowest BCUT2D eigenvalue weighted by molar-refractivity contribution is -0.190. The minimum atomic E-state index is -3.20. The van der Waals surface area contributed by atoms with Crippen LogP contribution in [0.15, 0.2) is 60.7 Å². The van der Waals surface area contributed by atoms with Crippen LogP contribution >= 0.6 is 0 Å². The lowest BCUT2D eigenvalue weighted by Gasteiger charge is -2.44. The second-order valence-electron chi connectivity index (χ2n) is 18.6. The van der Waals surface area contributed by atoms with Crippen LogP contribution in [0.1, 0.15) is 104 Å². The smallest absolute Gasteiger partial charge is 0.347 e. The van der Waals surface area contributed by atoms with E-state index in [1.165, 1.54) is 13.8 Å². The van der Waals surface area contributed by atoms with Gasteiger partial charge in [0, 0.05) is 0 Å². The SMILES string of the molecule is C[C@H](OC(=O)[C@H](C)OC(=O)[C@H](C)OC(=O)[C@H](C)OC(=O)[C@H](C)OC(=O)[C@H](C)OC(=O)[C@H](C)OC(=O)[C@H](C)OC(=O)[C@H](C)OC(=O)[C@H](C)OC(=O)[C@H](C)OC(=O)[C@H](C)O[Si](c1ccccc1)(c1ccccc1)C(C)(C)C)C(=O)O. The first kappa shape index (κ1) is 66.4. The number of carbonyl (C=O) groups excluding carboxylic acids is 11. The average molecular weight is 1120 g/mol. The van der Waals surface area contributed by atoms with Gasteiger partial charge in [-0.3, -0.25) is 0 Å². The molecule has 2 aromatic carbocycles. The quantitative estimate of drug-likeness (QED) is 0.0762. The van der Waals surface area contributed by atoms with E-state index in [0.29, 0.717) is 0 Å². The Morgan fingerprint density at radius 1 is 0.308 bits per heavy atom. The van der Waals surface area contributed by atoms with E-state index in [-0.39, 0.29) is 0 Å². The van der Waals surface area contributed by atoms with E-state index in [1.54, 1.807) is 0 Å². The molecule has 78 heavy (non-hydrogen) atoms. The van der Waals surface area contributed by atoms with Crippen molar-refractivity contribution in [1.29, 1.82) is 0 Å². The largest absolute Gasteiger partial charge is 0.479 e. The summed E-state index contributed by atoms with van der Waals surface area (Å²) >= 11 is 0. The van der Waals surface area contributed by atoms with E-state index in [4.69, 9.17) is 56.9 Å². The number of rotatable bonds is 27. The summed E-state index contributed by atoms with van der Waals surface area (Å²) in [5.74, 6) is -14.8. The molecule has 0 heterocycles. The van der Waals surface area contributed by atoms with Crippen molar-refractivity contribution in [2.24, 2.45) is 0 Å². The Hall–Kier alpha value is -7.74. The lowest BCUT2D eigenvalue weighted by atomic mass is 10.2. The minimum Gasteiger partial charge on any atom is -0.479 e. The molecule has 0 fully saturated rings. The number of carbonyl (C=O) groups is 12. The zero-order chi connectivity index (χ0) is 59.6. The molecule has 0 aliphatic rings. The maximum atomic E-state index is 13.4. The molecule has 0 amide bonds. The summed E-state index contributed by atoms with van der Waals surface area (Å²) in [6.45, 7) is 19.5. The van der Waals surface area contributed by atoms with Gasteiger partial charge in [0.25, 0.3) is 8.32 Å². The molecule has 12 atom stereocenters. The first-order chi connectivity index (χ1) is 36.1. The van der Waals surface area contributed by atoms with Crippen molar-refractivity contribution in [3.8, 4) is 0 Å². The molecule has 2 aromatic rings. The number of carboxylic acid groups (broad SMARTS) is 1. The molecule has 0 bridgehead atoms. The van der Waals surface area contributed by atoms with Crippen LogP contribution in [-0.4, -0.2) is 158 Å². The van der Waals surface area contributed by atoms with E-state index in [0.717, 1.165) is 79.6 Å². The van der Waals surface area contributed by atoms with Crippen LogP contribution in [0.3, 0.4) is 0 Å². The Balaban J connectivity index is 1.85. The van der Waals surface area contributed by atoms with E-state index in [2.05, 4.69) is 4.74 Å². The van der Waals surface area contributed by atoms with Gasteiger partial charge in [0.1, 0.15) is 6.10 Å². The molecular weight excluding hydrogens is 1050 g/mol. The van der Waals surface area contributed by atoms with Gasteiger partial charge >= 0.3 is 71.6 Å². The van der Waals surface area contributed by atoms with Crippen LogP contribution in [0.25, 0.3) is 0 Å². The number of hydrogen-bond acceptors (Lipinski definition) is 24. The Labute approximate surface area is 451 Å². The van der Waals surface area contributed by atoms with Crippen LogP contribution in [0.5, 0.6) is 0 Å². The predicted octanol–water partition coefficient (Wildman–Crippen LogP) is 2.28. The number of carboxylic acids is 1. The third-order valence-electron chi connectivity index (χ3n) is 11.0. The summed E-state index contributed by atoms with van der Waals surface area (Å²) < 4.78 is 61.5. The third kappa shape index (κ3) is 19.4. The van der Waals surface area contributed by atoms with Crippen LogP contribution in [0.2, 0.25) is 5.04 Å². The van der Waals surface area contributed by atoms with Gasteiger partial charge in [0.2, 0.25) is 0 Å². The average Bonchev–Trinajstić information content (AvgIpc) is 3.37. The lowest BCUT2D eigenvalue weighted by Crippen LogP contribution is -2.68. The highest BCUT2D eigenvalue weighted by Crippen LogP contribution is 2.37. The molecule has 430 valence electrons. The van der Waals surface area contributed by atoms with E-state index in [1.807, 2.05) is 81.4 Å². The minimum absolute atomic E-state index is 0.480. The maximum Gasteiger partial charge on any atom is 0.347 e. The van der Waals surface area contributed by atoms with Gasteiger partial charge < -0.3 is 61.6 Å². The molecule has 0 aromatic heterocycles. The van der Waals surface area contributed by atoms with Gasteiger partial charge in [-0.1, -0.05) is 81.4 Å². The number of benzene rings is 2. The first-order valence-electron chi connectivity index (χ1n) is 24.4. The molecule has 0 aliphatic carbocycles. The summed E-state index contributed by atoms with van der Waals surface area (Å²) in [5, 5.41) is 10.2. The number of aliphatic carboxylic acids is 1. The molecule has 26 heteroatoms. The van der Waals surface area contributed by atoms with Crippen molar-refractivity contribution < 1.29 is 119 Å². The zero-order valence-electron chi connectivity index (χ0n) is 45.9. The van der Waals surface area contributed by atoms with Gasteiger partial charge in [-0.15, -0.1) is 0 Å². The van der Waals surface area contributed by atoms with Crippen molar-refractivity contribution in [3.63, 3.8) is 0 Å². The van der Waals surface area contributed by atoms with E-state index in [9.17, 15) is 57.5 Å². The summed E-state index contributed by atoms with van der Waals surface area (Å²) in [6, 6.07) is 19.1. The molecule has 25 nitrogen and oxygen atoms in total. The number of ether oxygens (including phenoxy) is 11. The van der Waals surface area contributed by atoms with Gasteiger partial charge in [-0.2, -0.15) is 0 Å². The predicted molar refractivity (Wildman–Crippen MR) is 267 cm³/mol. The zero-order valence-corrected chi connectivity index (χ0v) is 46.9. The van der Waals surface area contributed by atoms with Crippen LogP contribution < -0.4 is 10.4 Å². The highest BCUT2D eigenvalue weighted by molar-refractivity contribution is 6.99. The molecule has 1 N–H and O–H groups in total.